The van der Waals surface area contributed by atoms with E-state index in [4.69, 9.17) is 16.0 Å². The second kappa shape index (κ2) is 5.73. The van der Waals surface area contributed by atoms with Crippen molar-refractivity contribution in [1.29, 1.82) is 0 Å². The first-order valence-corrected chi connectivity index (χ1v) is 7.08. The van der Waals surface area contributed by atoms with Crippen molar-refractivity contribution in [3.8, 4) is 0 Å². The third-order valence-electron chi connectivity index (χ3n) is 3.41. The number of rotatable bonds is 3. The summed E-state index contributed by atoms with van der Waals surface area (Å²) in [5.74, 6) is 0. The van der Waals surface area contributed by atoms with Crippen LogP contribution in [-0.2, 0) is 0 Å². The fraction of sp³-hybridized carbons (Fsp3) is 0.0625. The van der Waals surface area contributed by atoms with Crippen molar-refractivity contribution >= 4 is 39.6 Å². The predicted molar refractivity (Wildman–Crippen MR) is 88.6 cm³/mol. The molecule has 23 heavy (non-hydrogen) atoms. The zero-order valence-electron chi connectivity index (χ0n) is 12.0. The van der Waals surface area contributed by atoms with Gasteiger partial charge in [-0.05, 0) is 36.8 Å². The van der Waals surface area contributed by atoms with Crippen LogP contribution in [0.25, 0.3) is 11.0 Å². The van der Waals surface area contributed by atoms with E-state index >= 15 is 0 Å². The molecule has 7 heteroatoms. The molecule has 0 saturated carbocycles. The molecule has 0 aliphatic carbocycles. The monoisotopic (exact) mass is 330 g/mol. The van der Waals surface area contributed by atoms with Gasteiger partial charge in [0.2, 0.25) is 0 Å². The minimum absolute atomic E-state index is 0.0850. The van der Waals surface area contributed by atoms with Crippen LogP contribution in [0.5, 0.6) is 0 Å². The molecular formula is C16H11ClN2O4. The fourth-order valence-electron chi connectivity index (χ4n) is 2.25. The van der Waals surface area contributed by atoms with Gasteiger partial charge >= 0.3 is 11.3 Å². The Hall–Kier alpha value is -2.86. The molecule has 3 aromatic rings. The Morgan fingerprint density at radius 1 is 1.22 bits per heavy atom. The number of nitro groups is 1. The molecule has 1 heterocycles. The van der Waals surface area contributed by atoms with Gasteiger partial charge in [0.1, 0.15) is 11.3 Å². The van der Waals surface area contributed by atoms with E-state index in [1.165, 1.54) is 0 Å². The molecule has 0 spiro atoms. The summed E-state index contributed by atoms with van der Waals surface area (Å²) < 4.78 is 5.01. The molecule has 1 N–H and O–H groups in total. The molecule has 0 atom stereocenters. The maximum atomic E-state index is 11.9. The van der Waals surface area contributed by atoms with Crippen molar-refractivity contribution in [3.63, 3.8) is 0 Å². The van der Waals surface area contributed by atoms with E-state index in [-0.39, 0.29) is 11.3 Å². The third-order valence-corrected chi connectivity index (χ3v) is 3.82. The van der Waals surface area contributed by atoms with Gasteiger partial charge in [-0.1, -0.05) is 29.8 Å². The second-order valence-electron chi connectivity index (χ2n) is 4.96. The number of hydrogen-bond donors (Lipinski definition) is 1. The van der Waals surface area contributed by atoms with Crippen LogP contribution in [0.1, 0.15) is 5.56 Å². The van der Waals surface area contributed by atoms with Crippen molar-refractivity contribution in [3.05, 3.63) is 73.6 Å². The number of aryl methyl sites for hydroxylation is 1. The fourth-order valence-corrected chi connectivity index (χ4v) is 2.43. The van der Waals surface area contributed by atoms with Crippen molar-refractivity contribution < 1.29 is 9.34 Å². The highest BCUT2D eigenvalue weighted by Gasteiger charge is 2.24. The summed E-state index contributed by atoms with van der Waals surface area (Å²) in [4.78, 5) is 22.5. The molecule has 2 aromatic carbocycles. The Balaban J connectivity index is 2.25. The van der Waals surface area contributed by atoms with Crippen LogP contribution in [-0.4, -0.2) is 4.92 Å². The smallest absolute Gasteiger partial charge is 0.417 e. The lowest BCUT2D eigenvalue weighted by Gasteiger charge is -2.10. The number of benzene rings is 2. The highest BCUT2D eigenvalue weighted by molar-refractivity contribution is 6.31. The number of para-hydroxylation sites is 1. The number of fused-ring (bicyclic) bond motifs is 1. The van der Waals surface area contributed by atoms with E-state index in [1.807, 2.05) is 6.92 Å². The zero-order chi connectivity index (χ0) is 16.6. The molecule has 0 aliphatic heterocycles. The summed E-state index contributed by atoms with van der Waals surface area (Å²) in [6.45, 7) is 1.85. The number of nitrogens with zero attached hydrogens (tertiary/aromatic N) is 1. The Morgan fingerprint density at radius 2 is 1.96 bits per heavy atom. The first kappa shape index (κ1) is 15.1. The van der Waals surface area contributed by atoms with Gasteiger partial charge in [-0.15, -0.1) is 0 Å². The average molecular weight is 331 g/mol. The second-order valence-corrected chi connectivity index (χ2v) is 5.36. The maximum absolute atomic E-state index is 11.9. The van der Waals surface area contributed by atoms with Crippen LogP contribution in [0, 0.1) is 17.0 Å². The van der Waals surface area contributed by atoms with Crippen molar-refractivity contribution in [2.45, 2.75) is 6.92 Å². The molecule has 1 aromatic heterocycles. The van der Waals surface area contributed by atoms with Crippen molar-refractivity contribution in [1.82, 2.24) is 0 Å². The molecule has 3 rings (SSSR count). The molecule has 0 unspecified atom stereocenters. The Labute approximate surface area is 135 Å². The summed E-state index contributed by atoms with van der Waals surface area (Å²) in [6.07, 6.45) is 0. The Morgan fingerprint density at radius 3 is 2.65 bits per heavy atom. The lowest BCUT2D eigenvalue weighted by atomic mass is 10.1. The number of nitrogens with one attached hydrogen (secondary N) is 1. The Bertz CT molecular complexity index is 981. The molecule has 0 saturated heterocycles. The molecule has 116 valence electrons. The van der Waals surface area contributed by atoms with Crippen LogP contribution >= 0.6 is 11.6 Å². The van der Waals surface area contributed by atoms with E-state index in [0.29, 0.717) is 16.1 Å². The van der Waals surface area contributed by atoms with Gasteiger partial charge in [-0.25, -0.2) is 4.79 Å². The summed E-state index contributed by atoms with van der Waals surface area (Å²) in [5.41, 5.74) is 0.129. The van der Waals surface area contributed by atoms with Gasteiger partial charge in [0, 0.05) is 16.1 Å². The molecule has 0 radical (unpaired) electrons. The summed E-state index contributed by atoms with van der Waals surface area (Å²) in [5, 5.41) is 15.2. The van der Waals surface area contributed by atoms with Crippen LogP contribution in [0.15, 0.2) is 51.7 Å². The highest BCUT2D eigenvalue weighted by Crippen LogP contribution is 2.33. The maximum Gasteiger partial charge on any atom is 0.417 e. The van der Waals surface area contributed by atoms with Crippen LogP contribution in [0.4, 0.5) is 17.1 Å². The first-order valence-electron chi connectivity index (χ1n) is 6.71. The molecule has 0 bridgehead atoms. The van der Waals surface area contributed by atoms with E-state index in [2.05, 4.69) is 5.32 Å². The lowest BCUT2D eigenvalue weighted by Crippen LogP contribution is -2.10. The van der Waals surface area contributed by atoms with Gasteiger partial charge in [0.25, 0.3) is 0 Å². The zero-order valence-corrected chi connectivity index (χ0v) is 12.8. The van der Waals surface area contributed by atoms with Crippen LogP contribution in [0.3, 0.4) is 0 Å². The minimum Gasteiger partial charge on any atom is -0.418 e. The third kappa shape index (κ3) is 2.76. The Kier molecular flexibility index (Phi) is 3.75. The molecule has 0 fully saturated rings. The van der Waals surface area contributed by atoms with Gasteiger partial charge in [0.15, 0.2) is 0 Å². The van der Waals surface area contributed by atoms with Gasteiger partial charge in [-0.3, -0.25) is 10.1 Å². The molecule has 0 aliphatic rings. The highest BCUT2D eigenvalue weighted by atomic mass is 35.5. The lowest BCUT2D eigenvalue weighted by molar-refractivity contribution is -0.386. The molecule has 0 amide bonds. The summed E-state index contributed by atoms with van der Waals surface area (Å²) in [7, 11) is 0. The van der Waals surface area contributed by atoms with Gasteiger partial charge < -0.3 is 9.73 Å². The SMILES string of the molecule is Cc1ccc(Nc2c([N+](=O)[O-])c(=O)oc3ccccc23)cc1Cl. The summed E-state index contributed by atoms with van der Waals surface area (Å²) in [6, 6.07) is 11.8. The number of halogens is 1. The predicted octanol–water partition coefficient (Wildman–Crippen LogP) is 4.41. The minimum atomic E-state index is -1.01. The van der Waals surface area contributed by atoms with E-state index in [1.54, 1.807) is 42.5 Å². The normalized spacial score (nSPS) is 10.7. The average Bonchev–Trinajstić information content (AvgIpc) is 2.50. The van der Waals surface area contributed by atoms with Gasteiger partial charge in [-0.2, -0.15) is 0 Å². The topological polar surface area (TPSA) is 85.4 Å². The van der Waals surface area contributed by atoms with E-state index in [0.717, 1.165) is 5.56 Å². The first-order chi connectivity index (χ1) is 11.0. The van der Waals surface area contributed by atoms with E-state index < -0.39 is 16.2 Å². The number of anilines is 2. The van der Waals surface area contributed by atoms with E-state index in [9.17, 15) is 14.9 Å². The van der Waals surface area contributed by atoms with Crippen molar-refractivity contribution in [2.24, 2.45) is 0 Å². The van der Waals surface area contributed by atoms with Gasteiger partial charge in [0.05, 0.1) is 4.92 Å². The quantitative estimate of drug-likeness (QED) is 0.437. The summed E-state index contributed by atoms with van der Waals surface area (Å²) >= 11 is 6.08. The largest absolute Gasteiger partial charge is 0.418 e. The van der Waals surface area contributed by atoms with Crippen LogP contribution in [0.2, 0.25) is 5.02 Å². The number of hydrogen-bond acceptors (Lipinski definition) is 5. The van der Waals surface area contributed by atoms with Crippen molar-refractivity contribution in [2.75, 3.05) is 5.32 Å². The molecule has 6 nitrogen and oxygen atoms in total. The van der Waals surface area contributed by atoms with Crippen LogP contribution < -0.4 is 10.9 Å². The molecular weight excluding hydrogens is 320 g/mol. The standard InChI is InChI=1S/C16H11ClN2O4/c1-9-6-7-10(8-12(9)17)18-14-11-4-2-3-5-13(11)23-16(20)15(14)19(21)22/h2-8,18H,1H3.